The maximum absolute atomic E-state index is 13.0. The fourth-order valence-electron chi connectivity index (χ4n) is 3.50. The van der Waals surface area contributed by atoms with E-state index >= 15 is 0 Å². The summed E-state index contributed by atoms with van der Waals surface area (Å²) in [5.41, 5.74) is 3.27. The van der Waals surface area contributed by atoms with Crippen molar-refractivity contribution >= 4 is 5.91 Å². The molecule has 23 heavy (non-hydrogen) atoms. The molecule has 3 rings (SSSR count). The summed E-state index contributed by atoms with van der Waals surface area (Å²) in [6.45, 7) is 2.85. The number of carbonyl (C=O) groups is 1. The quantitative estimate of drug-likeness (QED) is 0.789. The minimum absolute atomic E-state index is 0.191. The highest BCUT2D eigenvalue weighted by Crippen LogP contribution is 2.25. The fraction of sp³-hybridized carbons (Fsp3) is 0.381. The van der Waals surface area contributed by atoms with E-state index in [-0.39, 0.29) is 5.91 Å². The third-order valence-corrected chi connectivity index (χ3v) is 4.78. The van der Waals surface area contributed by atoms with Crippen molar-refractivity contribution in [3.8, 4) is 0 Å². The van der Waals surface area contributed by atoms with Gasteiger partial charge in [-0.15, -0.1) is 0 Å². The molecule has 1 fully saturated rings. The second kappa shape index (κ2) is 7.45. The van der Waals surface area contributed by atoms with Crippen molar-refractivity contribution < 1.29 is 4.79 Å². The van der Waals surface area contributed by atoms with Gasteiger partial charge in [-0.2, -0.15) is 0 Å². The maximum Gasteiger partial charge on any atom is 0.254 e. The first-order valence-electron chi connectivity index (χ1n) is 8.65. The highest BCUT2D eigenvalue weighted by atomic mass is 16.2. The Morgan fingerprint density at radius 2 is 1.78 bits per heavy atom. The molecule has 0 spiro atoms. The summed E-state index contributed by atoms with van der Waals surface area (Å²) in [5, 5.41) is 0. The van der Waals surface area contributed by atoms with Crippen LogP contribution in [0.2, 0.25) is 0 Å². The van der Waals surface area contributed by atoms with E-state index in [2.05, 4.69) is 29.2 Å². The molecule has 0 aromatic heterocycles. The van der Waals surface area contributed by atoms with E-state index in [1.54, 1.807) is 0 Å². The third kappa shape index (κ3) is 4.01. The van der Waals surface area contributed by atoms with E-state index in [9.17, 15) is 4.79 Å². The lowest BCUT2D eigenvalue weighted by atomic mass is 10.1. The molecule has 1 aliphatic carbocycles. The summed E-state index contributed by atoms with van der Waals surface area (Å²) in [4.78, 5) is 15.2. The first-order valence-corrected chi connectivity index (χ1v) is 8.65. The van der Waals surface area contributed by atoms with Gasteiger partial charge >= 0.3 is 0 Å². The van der Waals surface area contributed by atoms with Crippen LogP contribution >= 0.6 is 0 Å². The van der Waals surface area contributed by atoms with Crippen LogP contribution in [0.1, 0.15) is 47.2 Å². The summed E-state index contributed by atoms with van der Waals surface area (Å²) in [6, 6.07) is 18.8. The van der Waals surface area contributed by atoms with Gasteiger partial charge in [0, 0.05) is 18.2 Å². The molecule has 1 aliphatic rings. The van der Waals surface area contributed by atoms with E-state index in [0.29, 0.717) is 6.04 Å². The Morgan fingerprint density at radius 3 is 2.48 bits per heavy atom. The second-order valence-corrected chi connectivity index (χ2v) is 6.54. The smallest absolute Gasteiger partial charge is 0.254 e. The van der Waals surface area contributed by atoms with Crippen LogP contribution in [0, 0.1) is 6.92 Å². The Labute approximate surface area is 139 Å². The van der Waals surface area contributed by atoms with Gasteiger partial charge in [0.15, 0.2) is 0 Å². The van der Waals surface area contributed by atoms with Crippen molar-refractivity contribution in [2.75, 3.05) is 6.54 Å². The van der Waals surface area contributed by atoms with Crippen molar-refractivity contribution in [2.24, 2.45) is 0 Å². The molecule has 2 nitrogen and oxygen atoms in total. The van der Waals surface area contributed by atoms with Crippen molar-refractivity contribution in [3.05, 3.63) is 71.3 Å². The summed E-state index contributed by atoms with van der Waals surface area (Å²) in [5.74, 6) is 0.191. The normalized spacial score (nSPS) is 14.8. The molecule has 120 valence electrons. The molecular formula is C21H25NO. The lowest BCUT2D eigenvalue weighted by Gasteiger charge is -2.29. The minimum Gasteiger partial charge on any atom is -0.335 e. The van der Waals surface area contributed by atoms with Gasteiger partial charge in [-0.25, -0.2) is 0 Å². The lowest BCUT2D eigenvalue weighted by Crippen LogP contribution is -2.40. The Morgan fingerprint density at radius 1 is 1.04 bits per heavy atom. The average molecular weight is 307 g/mol. The van der Waals surface area contributed by atoms with Crippen LogP contribution in [0.3, 0.4) is 0 Å². The zero-order valence-corrected chi connectivity index (χ0v) is 13.9. The van der Waals surface area contributed by atoms with Crippen LogP contribution in [0.25, 0.3) is 0 Å². The Hall–Kier alpha value is -2.09. The van der Waals surface area contributed by atoms with E-state index in [1.807, 2.05) is 37.3 Å². The Kier molecular flexibility index (Phi) is 5.12. The number of aryl methyl sites for hydroxylation is 1. The van der Waals surface area contributed by atoms with Gasteiger partial charge in [0.1, 0.15) is 0 Å². The van der Waals surface area contributed by atoms with Crippen molar-refractivity contribution in [3.63, 3.8) is 0 Å². The molecule has 0 radical (unpaired) electrons. The van der Waals surface area contributed by atoms with Crippen molar-refractivity contribution in [1.29, 1.82) is 0 Å². The molecule has 0 bridgehead atoms. The molecule has 1 saturated carbocycles. The van der Waals surface area contributed by atoms with Crippen LogP contribution in [-0.2, 0) is 6.42 Å². The number of rotatable bonds is 5. The standard InChI is InChI=1S/C21H25NO/c1-17-8-7-11-19(16-17)21(23)22(20-12-5-6-13-20)15-14-18-9-3-2-4-10-18/h2-4,7-11,16,20H,5-6,12-15H2,1H3. The number of nitrogens with zero attached hydrogens (tertiary/aromatic N) is 1. The summed E-state index contributed by atoms with van der Waals surface area (Å²) in [6.07, 6.45) is 5.70. The Bertz CT molecular complexity index is 644. The fourth-order valence-corrected chi connectivity index (χ4v) is 3.50. The topological polar surface area (TPSA) is 20.3 Å². The molecule has 0 atom stereocenters. The molecule has 0 N–H and O–H groups in total. The van der Waals surface area contributed by atoms with Gasteiger partial charge in [-0.1, -0.05) is 60.9 Å². The minimum atomic E-state index is 0.191. The molecule has 0 heterocycles. The zero-order chi connectivity index (χ0) is 16.1. The summed E-state index contributed by atoms with van der Waals surface area (Å²) < 4.78 is 0. The van der Waals surface area contributed by atoms with Crippen LogP contribution in [0.5, 0.6) is 0 Å². The molecule has 0 unspecified atom stereocenters. The molecule has 1 amide bonds. The van der Waals surface area contributed by atoms with E-state index < -0.39 is 0 Å². The number of benzene rings is 2. The average Bonchev–Trinajstić information content (AvgIpc) is 3.10. The number of hydrogen-bond donors (Lipinski definition) is 0. The van der Waals surface area contributed by atoms with Crippen LogP contribution in [0.15, 0.2) is 54.6 Å². The van der Waals surface area contributed by atoms with Gasteiger partial charge in [0.2, 0.25) is 0 Å². The predicted molar refractivity (Wildman–Crippen MR) is 94.6 cm³/mol. The molecule has 0 saturated heterocycles. The van der Waals surface area contributed by atoms with Gasteiger partial charge in [0.25, 0.3) is 5.91 Å². The van der Waals surface area contributed by atoms with Crippen molar-refractivity contribution in [1.82, 2.24) is 4.90 Å². The van der Waals surface area contributed by atoms with Gasteiger partial charge in [-0.3, -0.25) is 4.79 Å². The first-order chi connectivity index (χ1) is 11.2. The number of amides is 1. The van der Waals surface area contributed by atoms with Crippen LogP contribution in [0.4, 0.5) is 0 Å². The van der Waals surface area contributed by atoms with Crippen LogP contribution in [-0.4, -0.2) is 23.4 Å². The van der Waals surface area contributed by atoms with Gasteiger partial charge in [0.05, 0.1) is 0 Å². The van der Waals surface area contributed by atoms with Gasteiger partial charge < -0.3 is 4.90 Å². The molecule has 2 aromatic rings. The van der Waals surface area contributed by atoms with Gasteiger partial charge in [-0.05, 0) is 43.9 Å². The Balaban J connectivity index is 1.76. The number of hydrogen-bond acceptors (Lipinski definition) is 1. The molecule has 0 aliphatic heterocycles. The number of carbonyl (C=O) groups excluding carboxylic acids is 1. The molecular weight excluding hydrogens is 282 g/mol. The highest BCUT2D eigenvalue weighted by molar-refractivity contribution is 5.94. The predicted octanol–water partition coefficient (Wildman–Crippen LogP) is 4.62. The largest absolute Gasteiger partial charge is 0.335 e. The lowest BCUT2D eigenvalue weighted by molar-refractivity contribution is 0.0684. The highest BCUT2D eigenvalue weighted by Gasteiger charge is 2.27. The molecule has 2 aromatic carbocycles. The summed E-state index contributed by atoms with van der Waals surface area (Å²) >= 11 is 0. The van der Waals surface area contributed by atoms with E-state index in [1.165, 1.54) is 18.4 Å². The van der Waals surface area contributed by atoms with Crippen LogP contribution < -0.4 is 0 Å². The second-order valence-electron chi connectivity index (χ2n) is 6.54. The van der Waals surface area contributed by atoms with E-state index in [4.69, 9.17) is 0 Å². The first kappa shape index (κ1) is 15.8. The summed E-state index contributed by atoms with van der Waals surface area (Å²) in [7, 11) is 0. The van der Waals surface area contributed by atoms with Crippen molar-refractivity contribution in [2.45, 2.75) is 45.1 Å². The molecule has 2 heteroatoms. The zero-order valence-electron chi connectivity index (χ0n) is 13.9. The SMILES string of the molecule is Cc1cccc(C(=O)N(CCc2ccccc2)C2CCCC2)c1. The van der Waals surface area contributed by atoms with E-state index in [0.717, 1.165) is 36.9 Å². The monoisotopic (exact) mass is 307 g/mol. The maximum atomic E-state index is 13.0. The third-order valence-electron chi connectivity index (χ3n) is 4.78.